The third-order valence-electron chi connectivity index (χ3n) is 7.62. The molecule has 1 aromatic rings. The van der Waals surface area contributed by atoms with Crippen molar-refractivity contribution < 1.29 is 19.5 Å². The van der Waals surface area contributed by atoms with E-state index >= 15 is 0 Å². The number of halogens is 1. The summed E-state index contributed by atoms with van der Waals surface area (Å²) in [5.74, 6) is -1.83. The lowest BCUT2D eigenvalue weighted by Crippen LogP contribution is -2.54. The molecule has 4 aliphatic rings. The highest BCUT2D eigenvalue weighted by atomic mass is 35.5. The standard InChI is InChI=1S/C26H30ClN3O4S/c1-3-12-28-13-6-10-25(2)19(22(28)32)20-23(33)30(15-16-31)21-24(34)29(14-7-11-26(20,21)35-25)18-9-5-4-8-17(18)27/h4-11,19-21,31H,3,12-16H2,1-2H3/t19-,20-,21?,25+,26-/m0/s1. The third kappa shape index (κ3) is 3.56. The number of aliphatic hydroxyl groups is 1. The predicted molar refractivity (Wildman–Crippen MR) is 137 cm³/mol. The molecular weight excluding hydrogens is 486 g/mol. The Hall–Kier alpha value is -2.29. The molecule has 1 N–H and O–H groups in total. The molecule has 0 aromatic heterocycles. The van der Waals surface area contributed by atoms with Crippen LogP contribution in [-0.2, 0) is 14.4 Å². The Kier molecular flexibility index (Phi) is 6.26. The van der Waals surface area contributed by atoms with Crippen LogP contribution in [0.4, 0.5) is 5.69 Å². The second-order valence-electron chi connectivity index (χ2n) is 9.74. The fourth-order valence-corrected chi connectivity index (χ4v) is 8.67. The lowest BCUT2D eigenvalue weighted by molar-refractivity contribution is -0.143. The summed E-state index contributed by atoms with van der Waals surface area (Å²) in [6, 6.07) is 6.30. The number of amides is 3. The number of fused-ring (bicyclic) bond motifs is 2. The van der Waals surface area contributed by atoms with Crippen molar-refractivity contribution in [3.8, 4) is 0 Å². The Morgan fingerprint density at radius 1 is 1.03 bits per heavy atom. The van der Waals surface area contributed by atoms with Crippen LogP contribution >= 0.6 is 23.4 Å². The molecule has 4 aliphatic heterocycles. The molecule has 0 saturated carbocycles. The highest BCUT2D eigenvalue weighted by molar-refractivity contribution is 8.02. The van der Waals surface area contributed by atoms with Crippen LogP contribution in [0.1, 0.15) is 20.3 Å². The fraction of sp³-hybridized carbons (Fsp3) is 0.500. The van der Waals surface area contributed by atoms with Gasteiger partial charge in [-0.05, 0) is 25.5 Å². The molecule has 9 heteroatoms. The molecule has 186 valence electrons. The molecule has 1 aromatic carbocycles. The largest absolute Gasteiger partial charge is 0.395 e. The van der Waals surface area contributed by atoms with Crippen molar-refractivity contribution in [1.29, 1.82) is 0 Å². The van der Waals surface area contributed by atoms with Gasteiger partial charge in [0, 0.05) is 30.9 Å². The maximum Gasteiger partial charge on any atom is 0.251 e. The summed E-state index contributed by atoms with van der Waals surface area (Å²) in [6.45, 7) is 5.25. The Morgan fingerprint density at radius 2 is 1.77 bits per heavy atom. The smallest absolute Gasteiger partial charge is 0.251 e. The molecule has 7 nitrogen and oxygen atoms in total. The van der Waals surface area contributed by atoms with Crippen LogP contribution in [0.3, 0.4) is 0 Å². The molecule has 2 fully saturated rings. The van der Waals surface area contributed by atoms with Gasteiger partial charge in [-0.15, -0.1) is 11.8 Å². The molecule has 5 rings (SSSR count). The van der Waals surface area contributed by atoms with E-state index in [9.17, 15) is 19.5 Å². The summed E-state index contributed by atoms with van der Waals surface area (Å²) in [6.07, 6.45) is 8.79. The zero-order chi connectivity index (χ0) is 25.0. The van der Waals surface area contributed by atoms with Crippen molar-refractivity contribution in [1.82, 2.24) is 9.80 Å². The third-order valence-corrected chi connectivity index (χ3v) is 9.73. The van der Waals surface area contributed by atoms with Gasteiger partial charge in [0.25, 0.3) is 5.91 Å². The van der Waals surface area contributed by atoms with Crippen LogP contribution in [0.5, 0.6) is 0 Å². The minimum Gasteiger partial charge on any atom is -0.395 e. The van der Waals surface area contributed by atoms with Gasteiger partial charge in [-0.25, -0.2) is 0 Å². The molecule has 4 heterocycles. The Bertz CT molecular complexity index is 1130. The van der Waals surface area contributed by atoms with E-state index in [-0.39, 0.29) is 30.9 Å². The number of carbonyl (C=O) groups is 3. The zero-order valence-electron chi connectivity index (χ0n) is 19.9. The minimum atomic E-state index is -0.923. The number of β-amino-alcohol motifs (C(OH)–C–C–N with tert-alkyl or cyclic N) is 1. The normalized spacial score (nSPS) is 34.1. The molecular formula is C26H30ClN3O4S. The van der Waals surface area contributed by atoms with E-state index in [1.165, 1.54) is 4.90 Å². The predicted octanol–water partition coefficient (Wildman–Crippen LogP) is 2.73. The van der Waals surface area contributed by atoms with Crippen LogP contribution in [0, 0.1) is 11.8 Å². The first-order chi connectivity index (χ1) is 16.8. The number of likely N-dealkylation sites (tertiary alicyclic amines) is 1. The monoisotopic (exact) mass is 515 g/mol. The summed E-state index contributed by atoms with van der Waals surface area (Å²) in [7, 11) is 0. The van der Waals surface area contributed by atoms with Gasteiger partial charge in [0.1, 0.15) is 6.04 Å². The van der Waals surface area contributed by atoms with Gasteiger partial charge in [-0.3, -0.25) is 14.4 Å². The van der Waals surface area contributed by atoms with E-state index < -0.39 is 27.4 Å². The highest BCUT2D eigenvalue weighted by Gasteiger charge is 2.73. The van der Waals surface area contributed by atoms with E-state index in [0.717, 1.165) is 6.42 Å². The number of nitrogens with zero attached hydrogens (tertiary/aromatic N) is 3. The van der Waals surface area contributed by atoms with Crippen LogP contribution in [0.15, 0.2) is 48.6 Å². The second kappa shape index (κ2) is 8.98. The molecule has 35 heavy (non-hydrogen) atoms. The number of aliphatic hydroxyl groups excluding tert-OH is 1. The van der Waals surface area contributed by atoms with E-state index in [1.54, 1.807) is 34.9 Å². The SMILES string of the molecule is CCCN1CC=C[C@@]2(C)S[C@]34C=CCN(c5ccccc5Cl)C(=O)C3N(CCO)C(=O)[C@@H]4[C@H]2C1=O. The van der Waals surface area contributed by atoms with Gasteiger partial charge in [0.05, 0.1) is 33.9 Å². The topological polar surface area (TPSA) is 81.2 Å². The average Bonchev–Trinajstić information content (AvgIpc) is 3.09. The van der Waals surface area contributed by atoms with Gasteiger partial charge < -0.3 is 19.8 Å². The summed E-state index contributed by atoms with van der Waals surface area (Å²) < 4.78 is -1.55. The number of thioether (sulfide) groups is 1. The fourth-order valence-electron chi connectivity index (χ4n) is 6.28. The summed E-state index contributed by atoms with van der Waals surface area (Å²) in [4.78, 5) is 47.0. The zero-order valence-corrected chi connectivity index (χ0v) is 21.5. The minimum absolute atomic E-state index is 0.0321. The number of hydrogen-bond donors (Lipinski definition) is 1. The van der Waals surface area contributed by atoms with Crippen molar-refractivity contribution in [2.24, 2.45) is 11.8 Å². The van der Waals surface area contributed by atoms with Gasteiger partial charge >= 0.3 is 0 Å². The second-order valence-corrected chi connectivity index (χ2v) is 11.9. The molecule has 5 atom stereocenters. The number of rotatable bonds is 5. The number of benzene rings is 1. The molecule has 2 saturated heterocycles. The van der Waals surface area contributed by atoms with Crippen LogP contribution in [0.25, 0.3) is 0 Å². The Labute approximate surface area is 214 Å². The molecule has 1 unspecified atom stereocenters. The first-order valence-electron chi connectivity index (χ1n) is 12.1. The maximum absolute atomic E-state index is 14.2. The summed E-state index contributed by atoms with van der Waals surface area (Å²) in [5.41, 5.74) is 0.578. The van der Waals surface area contributed by atoms with Crippen molar-refractivity contribution in [3.05, 3.63) is 53.6 Å². The van der Waals surface area contributed by atoms with Crippen LogP contribution < -0.4 is 4.90 Å². The van der Waals surface area contributed by atoms with Gasteiger partial charge in [-0.1, -0.05) is 55.0 Å². The van der Waals surface area contributed by atoms with E-state index in [0.29, 0.717) is 30.3 Å². The van der Waals surface area contributed by atoms with Crippen molar-refractivity contribution >= 4 is 46.8 Å². The summed E-state index contributed by atoms with van der Waals surface area (Å²) >= 11 is 8.00. The van der Waals surface area contributed by atoms with Crippen molar-refractivity contribution in [2.75, 3.05) is 37.7 Å². The van der Waals surface area contributed by atoms with Crippen molar-refractivity contribution in [3.63, 3.8) is 0 Å². The number of hydrogen-bond acceptors (Lipinski definition) is 5. The number of anilines is 1. The highest BCUT2D eigenvalue weighted by Crippen LogP contribution is 2.65. The number of carbonyl (C=O) groups excluding carboxylic acids is 3. The van der Waals surface area contributed by atoms with Crippen LogP contribution in [0.2, 0.25) is 5.02 Å². The maximum atomic E-state index is 14.2. The quantitative estimate of drug-likeness (QED) is 0.610. The lowest BCUT2D eigenvalue weighted by Gasteiger charge is -2.36. The molecule has 0 radical (unpaired) electrons. The van der Waals surface area contributed by atoms with Crippen molar-refractivity contribution in [2.45, 2.75) is 35.8 Å². The first kappa shape index (κ1) is 24.4. The van der Waals surface area contributed by atoms with Gasteiger partial charge in [-0.2, -0.15) is 0 Å². The first-order valence-corrected chi connectivity index (χ1v) is 13.3. The lowest BCUT2D eigenvalue weighted by atomic mass is 9.74. The van der Waals surface area contributed by atoms with Crippen LogP contribution in [-0.4, -0.2) is 80.9 Å². The van der Waals surface area contributed by atoms with Gasteiger partial charge in [0.2, 0.25) is 11.8 Å². The number of para-hydroxylation sites is 1. The van der Waals surface area contributed by atoms with E-state index in [1.807, 2.05) is 43.0 Å². The average molecular weight is 516 g/mol. The molecule has 0 aliphatic carbocycles. The van der Waals surface area contributed by atoms with E-state index in [4.69, 9.17) is 11.6 Å². The van der Waals surface area contributed by atoms with E-state index in [2.05, 4.69) is 6.08 Å². The van der Waals surface area contributed by atoms with Gasteiger partial charge in [0.15, 0.2) is 0 Å². The molecule has 1 spiro atoms. The summed E-state index contributed by atoms with van der Waals surface area (Å²) in [5, 5.41) is 10.3. The Balaban J connectivity index is 1.64. The Morgan fingerprint density at radius 3 is 2.49 bits per heavy atom. The molecule has 0 bridgehead atoms. The molecule has 3 amide bonds.